The van der Waals surface area contributed by atoms with Gasteiger partial charge in [-0.3, -0.25) is 9.89 Å². The second-order valence-corrected chi connectivity index (χ2v) is 4.12. The number of carboxylic acids is 1. The van der Waals surface area contributed by atoms with Gasteiger partial charge in [0.2, 0.25) is 5.95 Å². The van der Waals surface area contributed by atoms with E-state index in [1.54, 1.807) is 13.1 Å². The van der Waals surface area contributed by atoms with E-state index in [4.69, 9.17) is 16.7 Å². The number of carboxylic acid groups (broad SMARTS) is 1. The monoisotopic (exact) mass is 266 g/mol. The van der Waals surface area contributed by atoms with Gasteiger partial charge in [0, 0.05) is 12.6 Å². The summed E-state index contributed by atoms with van der Waals surface area (Å²) in [5.74, 6) is -0.123. The van der Waals surface area contributed by atoms with Crippen LogP contribution in [0.2, 0.25) is 5.02 Å². The number of halogens is 1. The molecule has 0 unspecified atom stereocenters. The molecule has 0 amide bonds. The second kappa shape index (κ2) is 5.05. The molecule has 94 valence electrons. The first kappa shape index (κ1) is 12.4. The first-order valence-electron chi connectivity index (χ1n) is 5.18. The van der Waals surface area contributed by atoms with Gasteiger partial charge in [0.05, 0.1) is 5.02 Å². The van der Waals surface area contributed by atoms with Crippen LogP contribution in [0.25, 0.3) is 11.4 Å². The van der Waals surface area contributed by atoms with Crippen LogP contribution in [0.1, 0.15) is 0 Å². The molecule has 0 radical (unpaired) electrons. The van der Waals surface area contributed by atoms with E-state index in [9.17, 15) is 4.79 Å². The minimum Gasteiger partial charge on any atom is -0.480 e. The van der Waals surface area contributed by atoms with Gasteiger partial charge in [0.1, 0.15) is 6.54 Å². The summed E-state index contributed by atoms with van der Waals surface area (Å²) in [7, 11) is 1.60. The van der Waals surface area contributed by atoms with Crippen molar-refractivity contribution in [3.05, 3.63) is 29.3 Å². The first-order valence-corrected chi connectivity index (χ1v) is 5.56. The number of aliphatic carboxylic acids is 1. The highest BCUT2D eigenvalue weighted by Gasteiger charge is 2.13. The summed E-state index contributed by atoms with van der Waals surface area (Å²) >= 11 is 6.04. The van der Waals surface area contributed by atoms with Crippen molar-refractivity contribution in [3.8, 4) is 11.4 Å². The lowest BCUT2D eigenvalue weighted by Gasteiger charge is -2.10. The molecule has 0 atom stereocenters. The Bertz CT molecular complexity index is 570. The van der Waals surface area contributed by atoms with Crippen LogP contribution in [0.4, 0.5) is 5.95 Å². The Morgan fingerprint density at radius 3 is 2.89 bits per heavy atom. The fourth-order valence-corrected chi connectivity index (χ4v) is 1.70. The Labute approximate surface area is 108 Å². The molecule has 2 N–H and O–H groups in total. The Hall–Kier alpha value is -2.08. The van der Waals surface area contributed by atoms with Crippen LogP contribution < -0.4 is 4.90 Å². The average Bonchev–Trinajstić information content (AvgIpc) is 2.78. The van der Waals surface area contributed by atoms with Crippen LogP contribution in [0.5, 0.6) is 0 Å². The van der Waals surface area contributed by atoms with Crippen LogP contribution in [0.15, 0.2) is 24.3 Å². The van der Waals surface area contributed by atoms with Gasteiger partial charge in [-0.15, -0.1) is 5.10 Å². The SMILES string of the molecule is CN(CC(=O)O)c1n[nH]c(-c2ccccc2Cl)n1. The molecule has 1 heterocycles. The highest BCUT2D eigenvalue weighted by molar-refractivity contribution is 6.33. The summed E-state index contributed by atoms with van der Waals surface area (Å²) in [6.45, 7) is -0.167. The molecule has 0 aliphatic heterocycles. The predicted octanol–water partition coefficient (Wildman–Crippen LogP) is 1.65. The number of hydrogen-bond donors (Lipinski definition) is 2. The summed E-state index contributed by atoms with van der Waals surface area (Å²) in [6.07, 6.45) is 0. The molecule has 0 spiro atoms. The minimum atomic E-state index is -0.943. The van der Waals surface area contributed by atoms with Gasteiger partial charge in [-0.05, 0) is 12.1 Å². The van der Waals surface area contributed by atoms with Crippen molar-refractivity contribution >= 4 is 23.5 Å². The molecular formula is C11H11ClN4O2. The molecule has 0 saturated heterocycles. The molecule has 0 bridgehead atoms. The van der Waals surface area contributed by atoms with Crippen molar-refractivity contribution < 1.29 is 9.90 Å². The lowest BCUT2D eigenvalue weighted by Crippen LogP contribution is -2.26. The third-order valence-electron chi connectivity index (χ3n) is 2.32. The van der Waals surface area contributed by atoms with E-state index < -0.39 is 5.97 Å². The molecule has 7 heteroatoms. The number of benzene rings is 1. The number of H-pyrrole nitrogens is 1. The van der Waals surface area contributed by atoms with Gasteiger partial charge >= 0.3 is 5.97 Å². The quantitative estimate of drug-likeness (QED) is 0.879. The van der Waals surface area contributed by atoms with Gasteiger partial charge in [0.25, 0.3) is 0 Å². The smallest absolute Gasteiger partial charge is 0.323 e. The highest BCUT2D eigenvalue weighted by atomic mass is 35.5. The van der Waals surface area contributed by atoms with E-state index >= 15 is 0 Å². The van der Waals surface area contributed by atoms with Gasteiger partial charge in [0.15, 0.2) is 5.82 Å². The number of aromatic nitrogens is 3. The van der Waals surface area contributed by atoms with Crippen LogP contribution in [0.3, 0.4) is 0 Å². The predicted molar refractivity (Wildman–Crippen MR) is 67.7 cm³/mol. The molecule has 0 aliphatic rings. The maximum atomic E-state index is 10.6. The normalized spacial score (nSPS) is 10.3. The number of likely N-dealkylation sites (N-methyl/N-ethyl adjacent to an activating group) is 1. The van der Waals surface area contributed by atoms with E-state index in [2.05, 4.69) is 15.2 Å². The Kier molecular flexibility index (Phi) is 3.47. The fourth-order valence-electron chi connectivity index (χ4n) is 1.47. The largest absolute Gasteiger partial charge is 0.480 e. The zero-order chi connectivity index (χ0) is 13.1. The van der Waals surface area contributed by atoms with Crippen molar-refractivity contribution in [2.45, 2.75) is 0 Å². The molecule has 0 aliphatic carbocycles. The van der Waals surface area contributed by atoms with Crippen LogP contribution in [-0.2, 0) is 4.79 Å². The molecule has 2 rings (SSSR count). The maximum Gasteiger partial charge on any atom is 0.323 e. The number of rotatable bonds is 4. The van der Waals surface area contributed by atoms with E-state index in [0.29, 0.717) is 16.8 Å². The summed E-state index contributed by atoms with van der Waals surface area (Å²) in [5, 5.41) is 15.9. The summed E-state index contributed by atoms with van der Waals surface area (Å²) < 4.78 is 0. The maximum absolute atomic E-state index is 10.6. The number of nitrogens with one attached hydrogen (secondary N) is 1. The van der Waals surface area contributed by atoms with Crippen molar-refractivity contribution in [2.24, 2.45) is 0 Å². The third kappa shape index (κ3) is 2.60. The lowest BCUT2D eigenvalue weighted by atomic mass is 10.2. The zero-order valence-corrected chi connectivity index (χ0v) is 10.3. The van der Waals surface area contributed by atoms with E-state index in [1.165, 1.54) is 4.90 Å². The molecular weight excluding hydrogens is 256 g/mol. The van der Waals surface area contributed by atoms with Crippen molar-refractivity contribution in [1.82, 2.24) is 15.2 Å². The van der Waals surface area contributed by atoms with Gasteiger partial charge in [-0.1, -0.05) is 23.7 Å². The second-order valence-electron chi connectivity index (χ2n) is 3.71. The number of anilines is 1. The molecule has 1 aromatic carbocycles. The van der Waals surface area contributed by atoms with Crippen molar-refractivity contribution in [1.29, 1.82) is 0 Å². The van der Waals surface area contributed by atoms with Crippen LogP contribution in [0, 0.1) is 0 Å². The number of hydrogen-bond acceptors (Lipinski definition) is 4. The van der Waals surface area contributed by atoms with Gasteiger partial charge < -0.3 is 10.0 Å². The van der Waals surface area contributed by atoms with Crippen LogP contribution >= 0.6 is 11.6 Å². The number of aromatic amines is 1. The molecule has 1 aromatic heterocycles. The molecule has 2 aromatic rings. The summed E-state index contributed by atoms with van der Waals surface area (Å²) in [5.41, 5.74) is 0.724. The van der Waals surface area contributed by atoms with E-state index in [0.717, 1.165) is 5.56 Å². The van der Waals surface area contributed by atoms with Crippen LogP contribution in [-0.4, -0.2) is 39.8 Å². The van der Waals surface area contributed by atoms with Crippen molar-refractivity contribution in [2.75, 3.05) is 18.5 Å². The number of carbonyl (C=O) groups is 1. The third-order valence-corrected chi connectivity index (χ3v) is 2.65. The van der Waals surface area contributed by atoms with E-state index in [-0.39, 0.29) is 6.54 Å². The number of nitrogens with zero attached hydrogens (tertiary/aromatic N) is 3. The minimum absolute atomic E-state index is 0.167. The molecule has 6 nitrogen and oxygen atoms in total. The standard InChI is InChI=1S/C11H11ClN4O2/c1-16(6-9(17)18)11-13-10(14-15-11)7-4-2-3-5-8(7)12/h2-5H,6H2,1H3,(H,17,18)(H,13,14,15). The Balaban J connectivity index is 2.26. The van der Waals surface area contributed by atoms with Gasteiger partial charge in [-0.2, -0.15) is 4.98 Å². The average molecular weight is 267 g/mol. The Morgan fingerprint density at radius 1 is 1.50 bits per heavy atom. The summed E-state index contributed by atoms with van der Waals surface area (Å²) in [6, 6.07) is 7.22. The molecule has 0 fully saturated rings. The topological polar surface area (TPSA) is 82.1 Å². The van der Waals surface area contributed by atoms with Gasteiger partial charge in [-0.25, -0.2) is 0 Å². The Morgan fingerprint density at radius 2 is 2.22 bits per heavy atom. The first-order chi connectivity index (χ1) is 8.58. The fraction of sp³-hybridized carbons (Fsp3) is 0.182. The zero-order valence-electron chi connectivity index (χ0n) is 9.59. The highest BCUT2D eigenvalue weighted by Crippen LogP contribution is 2.25. The van der Waals surface area contributed by atoms with Crippen molar-refractivity contribution in [3.63, 3.8) is 0 Å². The molecule has 0 saturated carbocycles. The van der Waals surface area contributed by atoms with E-state index in [1.807, 2.05) is 18.2 Å². The molecule has 18 heavy (non-hydrogen) atoms. The lowest BCUT2D eigenvalue weighted by molar-refractivity contribution is -0.135. The summed E-state index contributed by atoms with van der Waals surface area (Å²) in [4.78, 5) is 16.2.